The highest BCUT2D eigenvalue weighted by Gasteiger charge is 2.17. The zero-order chi connectivity index (χ0) is 19.9. The lowest BCUT2D eigenvalue weighted by Gasteiger charge is -2.16. The van der Waals surface area contributed by atoms with E-state index in [-0.39, 0.29) is 5.97 Å². The summed E-state index contributed by atoms with van der Waals surface area (Å²) in [6.07, 6.45) is 6.10. The largest absolute Gasteiger partial charge is 0.462 e. The minimum atomic E-state index is -0.360. The summed E-state index contributed by atoms with van der Waals surface area (Å²) in [6, 6.07) is 10.0. The number of pyridine rings is 2. The van der Waals surface area contributed by atoms with Crippen molar-refractivity contribution in [3.63, 3.8) is 0 Å². The third-order valence-electron chi connectivity index (χ3n) is 4.46. The van der Waals surface area contributed by atoms with Crippen LogP contribution in [0, 0.1) is 0 Å². The topological polar surface area (TPSA) is 67.3 Å². The van der Waals surface area contributed by atoms with E-state index in [9.17, 15) is 4.79 Å². The van der Waals surface area contributed by atoms with Gasteiger partial charge in [0.1, 0.15) is 5.56 Å². The first-order valence-corrected chi connectivity index (χ1v) is 9.49. The molecule has 2 aromatic heterocycles. The van der Waals surface area contributed by atoms with Crippen LogP contribution in [-0.4, -0.2) is 54.6 Å². The maximum Gasteiger partial charge on any atom is 0.341 e. The predicted octanol–water partition coefficient (Wildman–Crippen LogP) is 3.84. The van der Waals surface area contributed by atoms with Gasteiger partial charge >= 0.3 is 5.97 Å². The van der Waals surface area contributed by atoms with E-state index < -0.39 is 0 Å². The molecule has 3 rings (SSSR count). The van der Waals surface area contributed by atoms with E-state index >= 15 is 0 Å². The Morgan fingerprint density at radius 1 is 1.14 bits per heavy atom. The zero-order valence-corrected chi connectivity index (χ0v) is 16.6. The third kappa shape index (κ3) is 4.64. The van der Waals surface area contributed by atoms with Crippen LogP contribution in [0.3, 0.4) is 0 Å². The van der Waals surface area contributed by atoms with Gasteiger partial charge < -0.3 is 15.0 Å². The van der Waals surface area contributed by atoms with Crippen LogP contribution in [0.2, 0.25) is 0 Å². The molecule has 0 fully saturated rings. The fourth-order valence-corrected chi connectivity index (χ4v) is 3.08. The van der Waals surface area contributed by atoms with Crippen molar-refractivity contribution in [2.24, 2.45) is 0 Å². The van der Waals surface area contributed by atoms with Gasteiger partial charge in [-0.15, -0.1) is 0 Å². The van der Waals surface area contributed by atoms with Crippen LogP contribution in [0.4, 0.5) is 5.69 Å². The van der Waals surface area contributed by atoms with E-state index in [1.54, 1.807) is 25.5 Å². The lowest BCUT2D eigenvalue weighted by Crippen LogP contribution is -2.17. The predicted molar refractivity (Wildman–Crippen MR) is 113 cm³/mol. The van der Waals surface area contributed by atoms with Gasteiger partial charge in [0.2, 0.25) is 0 Å². The second-order valence-corrected chi connectivity index (χ2v) is 6.82. The molecule has 0 unspecified atom stereocenters. The van der Waals surface area contributed by atoms with E-state index in [4.69, 9.17) is 4.74 Å². The van der Waals surface area contributed by atoms with Gasteiger partial charge in [-0.25, -0.2) is 4.79 Å². The van der Waals surface area contributed by atoms with Gasteiger partial charge in [-0.2, -0.15) is 0 Å². The van der Waals surface area contributed by atoms with E-state index in [1.807, 2.05) is 38.4 Å². The lowest BCUT2D eigenvalue weighted by atomic mass is 10.0. The third-order valence-corrected chi connectivity index (χ3v) is 4.46. The standard InChI is InChI=1S/C22H26N4O2/c1-4-28-22(27)19-15-25-20-7-6-17(16-8-11-23-12-9-16)14-18(20)21(19)24-10-5-13-26(2)3/h6-9,11-12,14-15H,4-5,10,13H2,1-3H3,(H,24,25). The molecule has 2 heterocycles. The molecule has 6 heteroatoms. The van der Waals surface area contributed by atoms with Crippen molar-refractivity contribution in [2.45, 2.75) is 13.3 Å². The molecule has 0 saturated heterocycles. The highest BCUT2D eigenvalue weighted by Crippen LogP contribution is 2.31. The molecule has 0 spiro atoms. The summed E-state index contributed by atoms with van der Waals surface area (Å²) in [5.74, 6) is -0.360. The van der Waals surface area contributed by atoms with Gasteiger partial charge in [-0.1, -0.05) is 6.07 Å². The summed E-state index contributed by atoms with van der Waals surface area (Å²) in [5, 5.41) is 4.36. The number of aromatic nitrogens is 2. The first kappa shape index (κ1) is 19.8. The van der Waals surface area contributed by atoms with E-state index in [2.05, 4.69) is 26.3 Å². The Bertz CT molecular complexity index is 942. The number of nitrogens with zero attached hydrogens (tertiary/aromatic N) is 3. The molecule has 0 atom stereocenters. The molecule has 6 nitrogen and oxygen atoms in total. The lowest BCUT2D eigenvalue weighted by molar-refractivity contribution is 0.0527. The van der Waals surface area contributed by atoms with Crippen molar-refractivity contribution in [1.82, 2.24) is 14.9 Å². The van der Waals surface area contributed by atoms with Gasteiger partial charge in [0.05, 0.1) is 17.8 Å². The molecule has 1 aromatic carbocycles. The van der Waals surface area contributed by atoms with E-state index in [0.29, 0.717) is 12.2 Å². The smallest absolute Gasteiger partial charge is 0.341 e. The molecule has 0 bridgehead atoms. The molecule has 3 aromatic rings. The Balaban J connectivity index is 2.03. The normalized spacial score (nSPS) is 11.0. The van der Waals surface area contributed by atoms with Crippen molar-refractivity contribution in [1.29, 1.82) is 0 Å². The van der Waals surface area contributed by atoms with E-state index in [0.717, 1.165) is 47.2 Å². The first-order chi connectivity index (χ1) is 13.6. The highest BCUT2D eigenvalue weighted by molar-refractivity contribution is 6.05. The second kappa shape index (κ2) is 9.28. The van der Waals surface area contributed by atoms with Gasteiger partial charge in [0.15, 0.2) is 0 Å². The summed E-state index contributed by atoms with van der Waals surface area (Å²) in [4.78, 5) is 23.2. The van der Waals surface area contributed by atoms with Crippen LogP contribution in [0.1, 0.15) is 23.7 Å². The first-order valence-electron chi connectivity index (χ1n) is 9.49. The van der Waals surface area contributed by atoms with Crippen LogP contribution in [0.5, 0.6) is 0 Å². The molecule has 0 aliphatic carbocycles. The Morgan fingerprint density at radius 2 is 1.93 bits per heavy atom. The number of anilines is 1. The van der Waals surface area contributed by atoms with Gasteiger partial charge in [-0.05, 0) is 69.4 Å². The highest BCUT2D eigenvalue weighted by atomic mass is 16.5. The number of ether oxygens (including phenoxy) is 1. The number of carbonyl (C=O) groups is 1. The molecule has 28 heavy (non-hydrogen) atoms. The Morgan fingerprint density at radius 3 is 2.64 bits per heavy atom. The maximum absolute atomic E-state index is 12.5. The molecule has 146 valence electrons. The number of hydrogen-bond acceptors (Lipinski definition) is 6. The average molecular weight is 378 g/mol. The van der Waals surface area contributed by atoms with Crippen LogP contribution in [0.15, 0.2) is 48.9 Å². The van der Waals surface area contributed by atoms with Crippen molar-refractivity contribution in [3.8, 4) is 11.1 Å². The van der Waals surface area contributed by atoms with Crippen molar-refractivity contribution in [3.05, 3.63) is 54.5 Å². The number of hydrogen-bond donors (Lipinski definition) is 1. The minimum Gasteiger partial charge on any atom is -0.462 e. The van der Waals surface area contributed by atoms with E-state index in [1.165, 1.54) is 0 Å². The molecule has 0 aliphatic rings. The van der Waals surface area contributed by atoms with Crippen molar-refractivity contribution >= 4 is 22.6 Å². The number of esters is 1. The second-order valence-electron chi connectivity index (χ2n) is 6.82. The van der Waals surface area contributed by atoms with Crippen LogP contribution in [-0.2, 0) is 4.74 Å². The quantitative estimate of drug-likeness (QED) is 0.475. The molecule has 0 aliphatic heterocycles. The molecule has 0 amide bonds. The molecule has 0 radical (unpaired) electrons. The Labute approximate surface area is 165 Å². The van der Waals surface area contributed by atoms with Crippen LogP contribution < -0.4 is 5.32 Å². The fourth-order valence-electron chi connectivity index (χ4n) is 3.08. The van der Waals surface area contributed by atoms with Gasteiger partial charge in [0, 0.05) is 30.5 Å². The van der Waals surface area contributed by atoms with Gasteiger partial charge in [0.25, 0.3) is 0 Å². The molecular weight excluding hydrogens is 352 g/mol. The number of carbonyl (C=O) groups excluding carboxylic acids is 1. The summed E-state index contributed by atoms with van der Waals surface area (Å²) in [6.45, 7) is 3.85. The Hall–Kier alpha value is -2.99. The summed E-state index contributed by atoms with van der Waals surface area (Å²) in [7, 11) is 4.10. The Kier molecular flexibility index (Phi) is 6.55. The maximum atomic E-state index is 12.5. The van der Waals surface area contributed by atoms with Gasteiger partial charge in [-0.3, -0.25) is 9.97 Å². The van der Waals surface area contributed by atoms with Crippen LogP contribution in [0.25, 0.3) is 22.0 Å². The van der Waals surface area contributed by atoms with Crippen molar-refractivity contribution in [2.75, 3.05) is 39.1 Å². The summed E-state index contributed by atoms with van der Waals surface area (Å²) >= 11 is 0. The molecule has 0 saturated carbocycles. The average Bonchev–Trinajstić information content (AvgIpc) is 2.71. The zero-order valence-electron chi connectivity index (χ0n) is 16.6. The summed E-state index contributed by atoms with van der Waals surface area (Å²) < 4.78 is 5.24. The SMILES string of the molecule is CCOC(=O)c1cnc2ccc(-c3ccncc3)cc2c1NCCCN(C)C. The van der Waals surface area contributed by atoms with Crippen molar-refractivity contribution < 1.29 is 9.53 Å². The molecule has 1 N–H and O–H groups in total. The minimum absolute atomic E-state index is 0.327. The summed E-state index contributed by atoms with van der Waals surface area (Å²) in [5.41, 5.74) is 4.19. The van der Waals surface area contributed by atoms with Crippen LogP contribution >= 0.6 is 0 Å². The monoisotopic (exact) mass is 378 g/mol. The molecular formula is C22H26N4O2. The number of nitrogens with one attached hydrogen (secondary N) is 1. The number of fused-ring (bicyclic) bond motifs is 1. The number of benzene rings is 1. The fraction of sp³-hybridized carbons (Fsp3) is 0.318. The number of rotatable bonds is 8.